The predicted molar refractivity (Wildman–Crippen MR) is 63.1 cm³/mol. The Bertz CT molecular complexity index is 256. The van der Waals surface area contributed by atoms with E-state index in [9.17, 15) is 9.59 Å². The van der Waals surface area contributed by atoms with Gasteiger partial charge in [-0.2, -0.15) is 0 Å². The molecule has 0 aromatic heterocycles. The summed E-state index contributed by atoms with van der Waals surface area (Å²) in [5.74, 6) is -0.242. The average molecular weight is 242 g/mol. The van der Waals surface area contributed by atoms with Crippen LogP contribution >= 0.6 is 0 Å². The molecule has 1 aliphatic rings. The van der Waals surface area contributed by atoms with Gasteiger partial charge in [-0.25, -0.2) is 0 Å². The molecule has 1 rings (SSSR count). The maximum atomic E-state index is 11.8. The molecule has 0 spiro atoms. The molecular formula is C13H22O4. The van der Waals surface area contributed by atoms with E-state index in [1.165, 1.54) is 26.2 Å². The summed E-state index contributed by atoms with van der Waals surface area (Å²) in [7, 11) is 0. The number of rotatable bonds is 5. The molecule has 17 heavy (non-hydrogen) atoms. The van der Waals surface area contributed by atoms with E-state index in [0.717, 1.165) is 19.3 Å². The standard InChI is InChI=1S/C13H22O4/c1-3-12(11-7-5-4-6-8-11)13(15)17-9-16-10(2)14/h11-12H,3-9H2,1-2H3. The Morgan fingerprint density at radius 1 is 1.18 bits per heavy atom. The summed E-state index contributed by atoms with van der Waals surface area (Å²) in [5, 5.41) is 0. The number of hydrogen-bond acceptors (Lipinski definition) is 4. The Kier molecular flexibility index (Phi) is 6.01. The molecule has 1 atom stereocenters. The molecule has 98 valence electrons. The van der Waals surface area contributed by atoms with E-state index in [1.807, 2.05) is 6.92 Å². The third kappa shape index (κ3) is 4.75. The summed E-state index contributed by atoms with van der Waals surface area (Å²) in [5.41, 5.74) is 0. The van der Waals surface area contributed by atoms with Crippen molar-refractivity contribution in [1.82, 2.24) is 0 Å². The molecule has 0 aromatic rings. The maximum absolute atomic E-state index is 11.8. The number of carbonyl (C=O) groups is 2. The molecule has 0 N–H and O–H groups in total. The van der Waals surface area contributed by atoms with Crippen molar-refractivity contribution >= 4 is 11.9 Å². The van der Waals surface area contributed by atoms with Crippen LogP contribution in [0.2, 0.25) is 0 Å². The molecule has 1 fully saturated rings. The van der Waals surface area contributed by atoms with E-state index in [0.29, 0.717) is 5.92 Å². The number of ether oxygens (including phenoxy) is 2. The zero-order valence-corrected chi connectivity index (χ0v) is 10.7. The van der Waals surface area contributed by atoms with Crippen LogP contribution in [0, 0.1) is 11.8 Å². The highest BCUT2D eigenvalue weighted by atomic mass is 16.7. The van der Waals surface area contributed by atoms with E-state index in [1.54, 1.807) is 0 Å². The Balaban J connectivity index is 2.37. The SMILES string of the molecule is CCC(C(=O)OCOC(C)=O)C1CCCCC1. The smallest absolute Gasteiger partial charge is 0.312 e. The minimum absolute atomic E-state index is 0.0362. The van der Waals surface area contributed by atoms with E-state index in [4.69, 9.17) is 4.74 Å². The molecule has 4 nitrogen and oxygen atoms in total. The molecule has 1 saturated carbocycles. The second kappa shape index (κ2) is 7.30. The van der Waals surface area contributed by atoms with Crippen LogP contribution in [-0.2, 0) is 19.1 Å². The van der Waals surface area contributed by atoms with Crippen molar-refractivity contribution in [1.29, 1.82) is 0 Å². The van der Waals surface area contributed by atoms with Crippen molar-refractivity contribution in [3.05, 3.63) is 0 Å². The van der Waals surface area contributed by atoms with Crippen LogP contribution in [0.15, 0.2) is 0 Å². The average Bonchev–Trinajstić information content (AvgIpc) is 2.31. The lowest BCUT2D eigenvalue weighted by molar-refractivity contribution is -0.170. The first kappa shape index (κ1) is 14.0. The van der Waals surface area contributed by atoms with E-state index in [2.05, 4.69) is 4.74 Å². The van der Waals surface area contributed by atoms with Crippen LogP contribution in [0.4, 0.5) is 0 Å². The van der Waals surface area contributed by atoms with Gasteiger partial charge in [-0.3, -0.25) is 9.59 Å². The lowest BCUT2D eigenvalue weighted by atomic mass is 9.79. The van der Waals surface area contributed by atoms with Crippen LogP contribution in [0.3, 0.4) is 0 Å². The van der Waals surface area contributed by atoms with Crippen molar-refractivity contribution in [2.45, 2.75) is 52.4 Å². The van der Waals surface area contributed by atoms with Gasteiger partial charge in [-0.15, -0.1) is 0 Å². The number of hydrogen-bond donors (Lipinski definition) is 0. The number of carbonyl (C=O) groups excluding carboxylic acids is 2. The first-order valence-corrected chi connectivity index (χ1v) is 6.45. The summed E-state index contributed by atoms with van der Waals surface area (Å²) in [4.78, 5) is 22.4. The van der Waals surface area contributed by atoms with Gasteiger partial charge in [0.2, 0.25) is 6.79 Å². The van der Waals surface area contributed by atoms with Gasteiger partial charge in [0.15, 0.2) is 0 Å². The molecule has 0 aliphatic heterocycles. The van der Waals surface area contributed by atoms with Crippen molar-refractivity contribution in [2.75, 3.05) is 6.79 Å². The molecule has 0 bridgehead atoms. The third-order valence-electron chi connectivity index (χ3n) is 3.42. The fraction of sp³-hybridized carbons (Fsp3) is 0.846. The molecule has 0 saturated heterocycles. The lowest BCUT2D eigenvalue weighted by Gasteiger charge is -2.27. The summed E-state index contributed by atoms with van der Waals surface area (Å²) >= 11 is 0. The highest BCUT2D eigenvalue weighted by Crippen LogP contribution is 2.32. The van der Waals surface area contributed by atoms with Crippen LogP contribution in [0.25, 0.3) is 0 Å². The van der Waals surface area contributed by atoms with Gasteiger partial charge in [-0.1, -0.05) is 26.2 Å². The van der Waals surface area contributed by atoms with Gasteiger partial charge in [-0.05, 0) is 25.2 Å². The zero-order chi connectivity index (χ0) is 12.7. The second-order valence-corrected chi connectivity index (χ2v) is 4.63. The highest BCUT2D eigenvalue weighted by Gasteiger charge is 2.29. The normalized spacial score (nSPS) is 18.5. The quantitative estimate of drug-likeness (QED) is 0.549. The Labute approximate surface area is 103 Å². The Morgan fingerprint density at radius 2 is 1.82 bits per heavy atom. The van der Waals surface area contributed by atoms with Crippen molar-refractivity contribution in [3.8, 4) is 0 Å². The van der Waals surface area contributed by atoms with Gasteiger partial charge in [0.1, 0.15) is 0 Å². The van der Waals surface area contributed by atoms with E-state index < -0.39 is 5.97 Å². The van der Waals surface area contributed by atoms with Crippen LogP contribution in [0.5, 0.6) is 0 Å². The number of esters is 2. The fourth-order valence-corrected chi connectivity index (χ4v) is 2.51. The third-order valence-corrected chi connectivity index (χ3v) is 3.42. The minimum Gasteiger partial charge on any atom is -0.428 e. The first-order chi connectivity index (χ1) is 8.15. The van der Waals surface area contributed by atoms with Crippen molar-refractivity contribution in [3.63, 3.8) is 0 Å². The summed E-state index contributed by atoms with van der Waals surface area (Å²) in [6.45, 7) is 3.05. The Hall–Kier alpha value is -1.06. The molecule has 1 unspecified atom stereocenters. The van der Waals surface area contributed by atoms with E-state index in [-0.39, 0.29) is 18.7 Å². The van der Waals surface area contributed by atoms with Gasteiger partial charge in [0.25, 0.3) is 0 Å². The van der Waals surface area contributed by atoms with Crippen LogP contribution < -0.4 is 0 Å². The monoisotopic (exact) mass is 242 g/mol. The highest BCUT2D eigenvalue weighted by molar-refractivity contribution is 5.73. The largest absolute Gasteiger partial charge is 0.428 e. The molecule has 1 aliphatic carbocycles. The molecular weight excluding hydrogens is 220 g/mol. The lowest BCUT2D eigenvalue weighted by Crippen LogP contribution is -2.27. The van der Waals surface area contributed by atoms with Crippen LogP contribution in [-0.4, -0.2) is 18.7 Å². The minimum atomic E-state index is -0.427. The first-order valence-electron chi connectivity index (χ1n) is 6.45. The zero-order valence-electron chi connectivity index (χ0n) is 10.7. The Morgan fingerprint density at radius 3 is 2.35 bits per heavy atom. The van der Waals surface area contributed by atoms with Gasteiger partial charge in [0.05, 0.1) is 5.92 Å². The van der Waals surface area contributed by atoms with Gasteiger partial charge < -0.3 is 9.47 Å². The molecule has 0 radical (unpaired) electrons. The van der Waals surface area contributed by atoms with Crippen molar-refractivity contribution < 1.29 is 19.1 Å². The molecule has 0 heterocycles. The molecule has 0 aromatic carbocycles. The maximum Gasteiger partial charge on any atom is 0.312 e. The van der Waals surface area contributed by atoms with Gasteiger partial charge in [0, 0.05) is 6.92 Å². The van der Waals surface area contributed by atoms with Crippen molar-refractivity contribution in [2.24, 2.45) is 11.8 Å². The fourth-order valence-electron chi connectivity index (χ4n) is 2.51. The van der Waals surface area contributed by atoms with Crippen LogP contribution in [0.1, 0.15) is 52.4 Å². The molecule has 0 amide bonds. The second-order valence-electron chi connectivity index (χ2n) is 4.63. The van der Waals surface area contributed by atoms with Gasteiger partial charge >= 0.3 is 11.9 Å². The summed E-state index contributed by atoms with van der Waals surface area (Å²) < 4.78 is 9.59. The topological polar surface area (TPSA) is 52.6 Å². The summed E-state index contributed by atoms with van der Waals surface area (Å²) in [6.07, 6.45) is 6.71. The molecule has 4 heteroatoms. The van der Waals surface area contributed by atoms with E-state index >= 15 is 0 Å². The summed E-state index contributed by atoms with van der Waals surface area (Å²) in [6, 6.07) is 0. The predicted octanol–water partition coefficient (Wildman–Crippen LogP) is 2.66.